The molecule has 94 valence electrons. The van der Waals surface area contributed by atoms with Crippen LogP contribution in [0.15, 0.2) is 24.3 Å². The summed E-state index contributed by atoms with van der Waals surface area (Å²) in [7, 11) is 0. The highest BCUT2D eigenvalue weighted by Crippen LogP contribution is 2.17. The molecule has 0 saturated carbocycles. The molecule has 0 radical (unpaired) electrons. The molecule has 0 aliphatic carbocycles. The van der Waals surface area contributed by atoms with Crippen molar-refractivity contribution in [1.82, 2.24) is 0 Å². The monoisotopic (exact) mass is 236 g/mol. The zero-order chi connectivity index (χ0) is 12.8. The molecule has 0 heterocycles. The Bertz CT molecular complexity index is 377. The van der Waals surface area contributed by atoms with E-state index < -0.39 is 5.97 Å². The minimum absolute atomic E-state index is 0.298. The van der Waals surface area contributed by atoms with Gasteiger partial charge in [0.25, 0.3) is 0 Å². The van der Waals surface area contributed by atoms with Crippen LogP contribution in [0, 0.1) is 11.8 Å². The standard InChI is InChI=1S/C13H20N2O2/c1-9(2)10(7-14)8-15-12-6-4-3-5-11(12)13(16)17/h3-6,9-10,15H,7-8,14H2,1-2H3,(H,16,17). The molecule has 1 rings (SSSR count). The van der Waals surface area contributed by atoms with E-state index in [0.29, 0.717) is 36.2 Å². The van der Waals surface area contributed by atoms with Crippen LogP contribution in [-0.4, -0.2) is 24.2 Å². The normalized spacial score (nSPS) is 12.5. The van der Waals surface area contributed by atoms with E-state index >= 15 is 0 Å². The molecule has 0 fully saturated rings. The minimum Gasteiger partial charge on any atom is -0.478 e. The summed E-state index contributed by atoms with van der Waals surface area (Å²) in [5.41, 5.74) is 6.63. The van der Waals surface area contributed by atoms with Gasteiger partial charge in [-0.25, -0.2) is 4.79 Å². The zero-order valence-corrected chi connectivity index (χ0v) is 10.3. The number of carboxylic acid groups (broad SMARTS) is 1. The SMILES string of the molecule is CC(C)C(CN)CNc1ccccc1C(=O)O. The molecule has 0 amide bonds. The zero-order valence-electron chi connectivity index (χ0n) is 10.3. The molecular formula is C13H20N2O2. The number of nitrogens with one attached hydrogen (secondary N) is 1. The fourth-order valence-electron chi connectivity index (χ4n) is 1.66. The van der Waals surface area contributed by atoms with Crippen molar-refractivity contribution in [3.63, 3.8) is 0 Å². The summed E-state index contributed by atoms with van der Waals surface area (Å²) in [5.74, 6) is -0.0942. The third-order valence-electron chi connectivity index (χ3n) is 2.96. The summed E-state index contributed by atoms with van der Waals surface area (Å²) in [6.07, 6.45) is 0. The number of rotatable bonds is 6. The van der Waals surface area contributed by atoms with E-state index in [1.54, 1.807) is 18.2 Å². The predicted octanol–water partition coefficient (Wildman–Crippen LogP) is 2.03. The van der Waals surface area contributed by atoms with Gasteiger partial charge in [0, 0.05) is 12.2 Å². The summed E-state index contributed by atoms with van der Waals surface area (Å²) in [5, 5.41) is 12.2. The molecule has 17 heavy (non-hydrogen) atoms. The Morgan fingerprint density at radius 1 is 1.41 bits per heavy atom. The molecule has 1 atom stereocenters. The van der Waals surface area contributed by atoms with Crippen LogP contribution in [0.3, 0.4) is 0 Å². The number of para-hydroxylation sites is 1. The van der Waals surface area contributed by atoms with Gasteiger partial charge >= 0.3 is 5.97 Å². The lowest BCUT2D eigenvalue weighted by Gasteiger charge is -2.20. The van der Waals surface area contributed by atoms with E-state index in [0.717, 1.165) is 0 Å². The van der Waals surface area contributed by atoms with Crippen LogP contribution in [0.4, 0.5) is 5.69 Å². The second-order valence-electron chi connectivity index (χ2n) is 4.47. The first-order valence-electron chi connectivity index (χ1n) is 5.82. The Morgan fingerprint density at radius 2 is 2.06 bits per heavy atom. The first kappa shape index (κ1) is 13.5. The molecule has 0 aliphatic heterocycles. The highest BCUT2D eigenvalue weighted by molar-refractivity contribution is 5.94. The molecule has 1 aromatic carbocycles. The van der Waals surface area contributed by atoms with Gasteiger partial charge in [0.2, 0.25) is 0 Å². The van der Waals surface area contributed by atoms with E-state index in [4.69, 9.17) is 10.8 Å². The van der Waals surface area contributed by atoms with E-state index in [1.165, 1.54) is 0 Å². The molecule has 1 unspecified atom stereocenters. The third kappa shape index (κ3) is 3.75. The van der Waals surface area contributed by atoms with Crippen LogP contribution in [0.1, 0.15) is 24.2 Å². The molecular weight excluding hydrogens is 216 g/mol. The Labute approximate surface area is 102 Å². The fourth-order valence-corrected chi connectivity index (χ4v) is 1.66. The number of carboxylic acids is 1. The highest BCUT2D eigenvalue weighted by Gasteiger charge is 2.13. The maximum Gasteiger partial charge on any atom is 0.337 e. The van der Waals surface area contributed by atoms with Gasteiger partial charge < -0.3 is 16.2 Å². The maximum atomic E-state index is 11.0. The lowest BCUT2D eigenvalue weighted by atomic mass is 9.96. The van der Waals surface area contributed by atoms with Crippen molar-refractivity contribution in [3.05, 3.63) is 29.8 Å². The van der Waals surface area contributed by atoms with Gasteiger partial charge in [0.05, 0.1) is 5.56 Å². The second kappa shape index (κ2) is 6.25. The number of anilines is 1. The van der Waals surface area contributed by atoms with E-state index in [9.17, 15) is 4.79 Å². The van der Waals surface area contributed by atoms with Crippen molar-refractivity contribution in [1.29, 1.82) is 0 Å². The molecule has 4 N–H and O–H groups in total. The van der Waals surface area contributed by atoms with E-state index in [2.05, 4.69) is 19.2 Å². The Balaban J connectivity index is 2.72. The van der Waals surface area contributed by atoms with Crippen molar-refractivity contribution in [2.45, 2.75) is 13.8 Å². The van der Waals surface area contributed by atoms with Gasteiger partial charge in [-0.05, 0) is 30.5 Å². The number of carbonyl (C=O) groups is 1. The topological polar surface area (TPSA) is 75.3 Å². The van der Waals surface area contributed by atoms with E-state index in [1.807, 2.05) is 6.07 Å². The highest BCUT2D eigenvalue weighted by atomic mass is 16.4. The van der Waals surface area contributed by atoms with Gasteiger partial charge in [-0.3, -0.25) is 0 Å². The van der Waals surface area contributed by atoms with Gasteiger partial charge in [0.1, 0.15) is 0 Å². The van der Waals surface area contributed by atoms with Crippen LogP contribution in [0.25, 0.3) is 0 Å². The summed E-state index contributed by atoms with van der Waals surface area (Å²) in [6.45, 7) is 5.52. The Hall–Kier alpha value is -1.55. The average molecular weight is 236 g/mol. The van der Waals surface area contributed by atoms with Crippen LogP contribution < -0.4 is 11.1 Å². The molecule has 0 aliphatic rings. The van der Waals surface area contributed by atoms with Crippen LogP contribution in [-0.2, 0) is 0 Å². The van der Waals surface area contributed by atoms with E-state index in [-0.39, 0.29) is 0 Å². The fraction of sp³-hybridized carbons (Fsp3) is 0.462. The molecule has 4 heteroatoms. The summed E-state index contributed by atoms with van der Waals surface area (Å²) in [6, 6.07) is 6.91. The van der Waals surface area contributed by atoms with Crippen molar-refractivity contribution in [3.8, 4) is 0 Å². The van der Waals surface area contributed by atoms with Gasteiger partial charge in [0.15, 0.2) is 0 Å². The van der Waals surface area contributed by atoms with Gasteiger partial charge in [-0.15, -0.1) is 0 Å². The first-order chi connectivity index (χ1) is 8.06. The molecule has 4 nitrogen and oxygen atoms in total. The third-order valence-corrected chi connectivity index (χ3v) is 2.96. The largest absolute Gasteiger partial charge is 0.478 e. The van der Waals surface area contributed by atoms with Gasteiger partial charge in [-0.2, -0.15) is 0 Å². The molecule has 0 saturated heterocycles. The molecule has 1 aromatic rings. The average Bonchev–Trinajstić information content (AvgIpc) is 2.29. The second-order valence-corrected chi connectivity index (χ2v) is 4.47. The maximum absolute atomic E-state index is 11.0. The smallest absolute Gasteiger partial charge is 0.337 e. The minimum atomic E-state index is -0.915. The molecule has 0 bridgehead atoms. The summed E-state index contributed by atoms with van der Waals surface area (Å²) >= 11 is 0. The first-order valence-corrected chi connectivity index (χ1v) is 5.82. The number of aromatic carboxylic acids is 1. The lowest BCUT2D eigenvalue weighted by Crippen LogP contribution is -2.27. The summed E-state index contributed by atoms with van der Waals surface area (Å²) in [4.78, 5) is 11.0. The molecule has 0 aromatic heterocycles. The van der Waals surface area contributed by atoms with Gasteiger partial charge in [-0.1, -0.05) is 26.0 Å². The van der Waals surface area contributed by atoms with Crippen molar-refractivity contribution < 1.29 is 9.90 Å². The lowest BCUT2D eigenvalue weighted by molar-refractivity contribution is 0.0698. The van der Waals surface area contributed by atoms with Crippen LogP contribution in [0.5, 0.6) is 0 Å². The molecule has 0 spiro atoms. The van der Waals surface area contributed by atoms with Crippen molar-refractivity contribution in [2.24, 2.45) is 17.6 Å². The van der Waals surface area contributed by atoms with Crippen molar-refractivity contribution >= 4 is 11.7 Å². The predicted molar refractivity (Wildman–Crippen MR) is 69.3 cm³/mol. The van der Waals surface area contributed by atoms with Crippen molar-refractivity contribution in [2.75, 3.05) is 18.4 Å². The van der Waals surface area contributed by atoms with Crippen LogP contribution in [0.2, 0.25) is 0 Å². The number of nitrogens with two attached hydrogens (primary N) is 1. The Morgan fingerprint density at radius 3 is 2.59 bits per heavy atom. The Kier molecular flexibility index (Phi) is 4.97. The number of hydrogen-bond acceptors (Lipinski definition) is 3. The summed E-state index contributed by atoms with van der Waals surface area (Å²) < 4.78 is 0. The quantitative estimate of drug-likeness (QED) is 0.706. The number of benzene rings is 1. The van der Waals surface area contributed by atoms with Crippen LogP contribution >= 0.6 is 0 Å². The number of hydrogen-bond donors (Lipinski definition) is 3.